The monoisotopic (exact) mass is 511 g/mol. The van der Waals surface area contributed by atoms with Gasteiger partial charge in [0, 0.05) is 47.3 Å². The van der Waals surface area contributed by atoms with Gasteiger partial charge in [-0.25, -0.2) is 0 Å². The van der Waals surface area contributed by atoms with Gasteiger partial charge in [-0.15, -0.1) is 0 Å². The summed E-state index contributed by atoms with van der Waals surface area (Å²) in [6, 6.07) is 13.3. The maximum absolute atomic E-state index is 13.2. The number of rotatable bonds is 8. The quantitative estimate of drug-likeness (QED) is 0.247. The van der Waals surface area contributed by atoms with Gasteiger partial charge in [0.25, 0.3) is 5.91 Å². The summed E-state index contributed by atoms with van der Waals surface area (Å²) in [6.45, 7) is 5.72. The van der Waals surface area contributed by atoms with E-state index in [9.17, 15) is 14.7 Å². The van der Waals surface area contributed by atoms with Crippen LogP contribution in [0.3, 0.4) is 0 Å². The van der Waals surface area contributed by atoms with Gasteiger partial charge in [0.15, 0.2) is 0 Å². The molecule has 2 aliphatic rings. The maximum atomic E-state index is 13.2. The third-order valence-electron chi connectivity index (χ3n) is 6.11. The van der Waals surface area contributed by atoms with E-state index >= 15 is 0 Å². The van der Waals surface area contributed by atoms with Gasteiger partial charge in [-0.05, 0) is 42.7 Å². The third-order valence-corrected chi connectivity index (χ3v) is 6.71. The van der Waals surface area contributed by atoms with Crippen molar-refractivity contribution >= 4 is 40.1 Å². The molecule has 0 saturated carbocycles. The molecule has 182 valence electrons. The summed E-state index contributed by atoms with van der Waals surface area (Å²) in [5, 5.41) is 11.0. The zero-order valence-corrected chi connectivity index (χ0v) is 21.2. The van der Waals surface area contributed by atoms with Crippen LogP contribution in [0.4, 0.5) is 0 Å². The van der Waals surface area contributed by atoms with Crippen LogP contribution in [0.15, 0.2) is 57.7 Å². The van der Waals surface area contributed by atoms with E-state index in [1.807, 2.05) is 29.2 Å². The normalized spacial score (nSPS) is 11.3. The van der Waals surface area contributed by atoms with E-state index in [1.165, 1.54) is 12.1 Å². The fourth-order valence-electron chi connectivity index (χ4n) is 4.19. The summed E-state index contributed by atoms with van der Waals surface area (Å²) < 4.78 is 5.91. The highest BCUT2D eigenvalue weighted by atomic mass is 35.5. The van der Waals surface area contributed by atoms with E-state index in [1.54, 1.807) is 12.1 Å². The molecule has 4 rings (SSSR count). The maximum Gasteiger partial charge on any atom is 0.253 e. The molecule has 0 unspecified atom stereocenters. The second kappa shape index (κ2) is 10.7. The SMILES string of the molecule is CCCCN(CCCC)C(=O)c1ccc(-c2c3cc(Cl)c(=O)cc-3oc3cc(O)c(Cl)cc23)cc1. The Morgan fingerprint density at radius 2 is 1.60 bits per heavy atom. The molecule has 0 saturated heterocycles. The Bertz CT molecular complexity index is 1390. The van der Waals surface area contributed by atoms with Gasteiger partial charge in [0.2, 0.25) is 5.43 Å². The Morgan fingerprint density at radius 3 is 2.23 bits per heavy atom. The topological polar surface area (TPSA) is 70.8 Å². The second-order valence-corrected chi connectivity index (χ2v) is 9.45. The van der Waals surface area contributed by atoms with Crippen molar-refractivity contribution in [3.8, 4) is 28.2 Å². The number of amides is 1. The molecule has 0 atom stereocenters. The fourth-order valence-corrected chi connectivity index (χ4v) is 4.51. The Labute approximate surface area is 214 Å². The summed E-state index contributed by atoms with van der Waals surface area (Å²) in [6.07, 6.45) is 3.99. The molecule has 5 nitrogen and oxygen atoms in total. The van der Waals surface area contributed by atoms with Crippen molar-refractivity contribution in [3.05, 3.63) is 74.4 Å². The highest BCUT2D eigenvalue weighted by Crippen LogP contribution is 2.43. The van der Waals surface area contributed by atoms with Gasteiger partial charge in [-0.3, -0.25) is 9.59 Å². The molecule has 0 aromatic heterocycles. The highest BCUT2D eigenvalue weighted by molar-refractivity contribution is 6.33. The number of hydrogen-bond donors (Lipinski definition) is 1. The molecule has 2 aromatic carbocycles. The second-order valence-electron chi connectivity index (χ2n) is 8.63. The molecule has 1 aliphatic heterocycles. The number of hydrogen-bond acceptors (Lipinski definition) is 4. The van der Waals surface area contributed by atoms with Crippen LogP contribution >= 0.6 is 23.2 Å². The predicted molar refractivity (Wildman–Crippen MR) is 142 cm³/mol. The molecule has 0 bridgehead atoms. The number of nitrogens with zero attached hydrogens (tertiary/aromatic N) is 1. The van der Waals surface area contributed by atoms with E-state index in [4.69, 9.17) is 27.6 Å². The van der Waals surface area contributed by atoms with Crippen LogP contribution in [0.1, 0.15) is 49.9 Å². The number of halogens is 2. The zero-order chi connectivity index (χ0) is 25.1. The van der Waals surface area contributed by atoms with Gasteiger partial charge >= 0.3 is 0 Å². The number of unbranched alkanes of at least 4 members (excludes halogenated alkanes) is 2. The first-order valence-corrected chi connectivity index (χ1v) is 12.6. The van der Waals surface area contributed by atoms with E-state index in [0.29, 0.717) is 27.9 Å². The summed E-state index contributed by atoms with van der Waals surface area (Å²) in [5.74, 6) is 0.238. The van der Waals surface area contributed by atoms with Crippen LogP contribution in [0.2, 0.25) is 10.0 Å². The molecule has 0 spiro atoms. The zero-order valence-electron chi connectivity index (χ0n) is 19.7. The van der Waals surface area contributed by atoms with Gasteiger partial charge in [-0.1, -0.05) is 62.0 Å². The van der Waals surface area contributed by atoms with Gasteiger partial charge in [0.1, 0.15) is 17.1 Å². The number of benzene rings is 3. The van der Waals surface area contributed by atoms with Crippen LogP contribution in [0.5, 0.6) is 5.75 Å². The summed E-state index contributed by atoms with van der Waals surface area (Å²) in [4.78, 5) is 27.3. The lowest BCUT2D eigenvalue weighted by Crippen LogP contribution is -2.32. The first-order chi connectivity index (χ1) is 16.8. The minimum atomic E-state index is -0.355. The summed E-state index contributed by atoms with van der Waals surface area (Å²) in [7, 11) is 0. The lowest BCUT2D eigenvalue weighted by Gasteiger charge is -2.23. The first kappa shape index (κ1) is 25.1. The molecule has 0 fully saturated rings. The molecule has 2 aromatic rings. The smallest absolute Gasteiger partial charge is 0.253 e. The molecule has 1 aliphatic carbocycles. The fraction of sp³-hybridized carbons (Fsp3) is 0.286. The van der Waals surface area contributed by atoms with Gasteiger partial charge < -0.3 is 14.4 Å². The van der Waals surface area contributed by atoms with Crippen molar-refractivity contribution in [1.29, 1.82) is 0 Å². The first-order valence-electron chi connectivity index (χ1n) is 11.8. The number of fused-ring (bicyclic) bond motifs is 2. The van der Waals surface area contributed by atoms with Crippen molar-refractivity contribution < 1.29 is 14.3 Å². The van der Waals surface area contributed by atoms with Crippen LogP contribution in [-0.2, 0) is 0 Å². The lowest BCUT2D eigenvalue weighted by atomic mass is 9.93. The van der Waals surface area contributed by atoms with Crippen LogP contribution in [0, 0.1) is 0 Å². The Hall–Kier alpha value is -3.02. The van der Waals surface area contributed by atoms with E-state index in [0.717, 1.165) is 49.9 Å². The number of phenols is 1. The Morgan fingerprint density at radius 1 is 0.943 bits per heavy atom. The molecule has 7 heteroatoms. The Kier molecular flexibility index (Phi) is 7.68. The third kappa shape index (κ3) is 5.16. The number of carbonyl (C=O) groups excluding carboxylic acids is 1. The molecule has 1 amide bonds. The number of carbonyl (C=O) groups is 1. The molecule has 0 radical (unpaired) electrons. The van der Waals surface area contributed by atoms with Crippen molar-refractivity contribution in [3.63, 3.8) is 0 Å². The average Bonchev–Trinajstić information content (AvgIpc) is 2.85. The molecule has 1 heterocycles. The van der Waals surface area contributed by atoms with Gasteiger partial charge in [0.05, 0.1) is 10.0 Å². The molecular formula is C28H27Cl2NO4. The van der Waals surface area contributed by atoms with E-state index in [-0.39, 0.29) is 27.1 Å². The summed E-state index contributed by atoms with van der Waals surface area (Å²) >= 11 is 12.4. The summed E-state index contributed by atoms with van der Waals surface area (Å²) in [5.41, 5.74) is 2.82. The largest absolute Gasteiger partial charge is 0.506 e. The highest BCUT2D eigenvalue weighted by Gasteiger charge is 2.21. The number of aromatic hydroxyl groups is 1. The molecular weight excluding hydrogens is 485 g/mol. The van der Waals surface area contributed by atoms with Crippen molar-refractivity contribution in [2.45, 2.75) is 39.5 Å². The van der Waals surface area contributed by atoms with Gasteiger partial charge in [-0.2, -0.15) is 0 Å². The standard InChI is InChI=1S/C28H27Cl2NO4/c1-3-5-11-31(12-6-4-2)28(34)18-9-7-17(8-10-18)27-19-13-21(29)23(32)15-25(19)35-26-16-24(33)22(30)14-20(26)27/h7-10,13-16,32H,3-6,11-12H2,1-2H3. The van der Waals surface area contributed by atoms with Crippen molar-refractivity contribution in [1.82, 2.24) is 4.90 Å². The van der Waals surface area contributed by atoms with Crippen LogP contribution in [-0.4, -0.2) is 29.0 Å². The van der Waals surface area contributed by atoms with E-state index < -0.39 is 0 Å². The molecule has 1 N–H and O–H groups in total. The Balaban J connectivity index is 1.82. The molecule has 35 heavy (non-hydrogen) atoms. The lowest BCUT2D eigenvalue weighted by molar-refractivity contribution is 0.0751. The van der Waals surface area contributed by atoms with Crippen LogP contribution in [0.25, 0.3) is 33.4 Å². The average molecular weight is 512 g/mol. The minimum Gasteiger partial charge on any atom is -0.506 e. The predicted octanol–water partition coefficient (Wildman–Crippen LogP) is 7.62. The van der Waals surface area contributed by atoms with E-state index in [2.05, 4.69) is 13.8 Å². The van der Waals surface area contributed by atoms with Crippen molar-refractivity contribution in [2.24, 2.45) is 0 Å². The van der Waals surface area contributed by atoms with Crippen LogP contribution < -0.4 is 5.43 Å². The minimum absolute atomic E-state index is 0.0169. The number of phenolic OH excluding ortho intramolecular Hbond substituents is 1. The van der Waals surface area contributed by atoms with Crippen molar-refractivity contribution in [2.75, 3.05) is 13.1 Å².